The zero-order valence-electron chi connectivity index (χ0n) is 10.9. The van der Waals surface area contributed by atoms with Crippen molar-refractivity contribution in [2.45, 2.75) is 50.5 Å². The Kier molecular flexibility index (Phi) is 3.28. The summed E-state index contributed by atoms with van der Waals surface area (Å²) < 4.78 is 0. The average molecular weight is 233 g/mol. The van der Waals surface area contributed by atoms with Crippen molar-refractivity contribution in [1.82, 2.24) is 0 Å². The number of nitrogens with two attached hydrogens (primary N) is 1. The fraction of sp³-hybridized carbons (Fsp3) is 0.600. The number of hydrogen-bond acceptors (Lipinski definition) is 2. The van der Waals surface area contributed by atoms with Crippen LogP contribution in [0.25, 0.3) is 0 Å². The molecule has 0 radical (unpaired) electrons. The topological polar surface area (TPSA) is 46.2 Å². The molecule has 1 aromatic carbocycles. The molecule has 2 atom stereocenters. The van der Waals surface area contributed by atoms with E-state index in [1.807, 2.05) is 13.8 Å². The summed E-state index contributed by atoms with van der Waals surface area (Å²) in [5, 5.41) is 10.8. The van der Waals surface area contributed by atoms with E-state index in [0.717, 1.165) is 25.7 Å². The normalized spacial score (nSPS) is 27.3. The van der Waals surface area contributed by atoms with Crippen LogP contribution < -0.4 is 5.73 Å². The van der Waals surface area contributed by atoms with E-state index in [9.17, 15) is 5.11 Å². The van der Waals surface area contributed by atoms with Crippen LogP contribution in [0.15, 0.2) is 24.3 Å². The highest BCUT2D eigenvalue weighted by Gasteiger charge is 2.48. The van der Waals surface area contributed by atoms with Crippen LogP contribution in [0.1, 0.15) is 44.2 Å². The molecule has 1 aliphatic rings. The maximum absolute atomic E-state index is 10.8. The molecule has 94 valence electrons. The molecular formula is C15H23NO. The molecule has 17 heavy (non-hydrogen) atoms. The Hall–Kier alpha value is -0.860. The fourth-order valence-corrected chi connectivity index (χ4v) is 3.25. The van der Waals surface area contributed by atoms with E-state index < -0.39 is 5.60 Å². The summed E-state index contributed by atoms with van der Waals surface area (Å²) in [6.45, 7) is 4.49. The van der Waals surface area contributed by atoms with Crippen LogP contribution in [0.2, 0.25) is 0 Å². The van der Waals surface area contributed by atoms with Gasteiger partial charge < -0.3 is 10.8 Å². The van der Waals surface area contributed by atoms with Gasteiger partial charge in [0.25, 0.3) is 0 Å². The summed E-state index contributed by atoms with van der Waals surface area (Å²) in [7, 11) is 0. The molecule has 0 saturated carbocycles. The van der Waals surface area contributed by atoms with Gasteiger partial charge in [-0.2, -0.15) is 0 Å². The van der Waals surface area contributed by atoms with Crippen LogP contribution in [-0.4, -0.2) is 17.3 Å². The first-order valence-corrected chi connectivity index (χ1v) is 6.58. The largest absolute Gasteiger partial charge is 0.389 e. The van der Waals surface area contributed by atoms with Gasteiger partial charge in [0, 0.05) is 12.0 Å². The van der Waals surface area contributed by atoms with Crippen LogP contribution in [0.3, 0.4) is 0 Å². The lowest BCUT2D eigenvalue weighted by Crippen LogP contribution is -2.55. The van der Waals surface area contributed by atoms with Crippen molar-refractivity contribution in [3.8, 4) is 0 Å². The van der Waals surface area contributed by atoms with Crippen molar-refractivity contribution in [3.05, 3.63) is 35.4 Å². The minimum absolute atomic E-state index is 0.267. The first kappa shape index (κ1) is 12.6. The van der Waals surface area contributed by atoms with Crippen LogP contribution in [0, 0.1) is 0 Å². The highest BCUT2D eigenvalue weighted by Crippen LogP contribution is 2.45. The van der Waals surface area contributed by atoms with Crippen LogP contribution >= 0.6 is 0 Å². The van der Waals surface area contributed by atoms with E-state index >= 15 is 0 Å². The lowest BCUT2D eigenvalue weighted by atomic mass is 9.60. The Bertz CT molecular complexity index is 400. The molecule has 0 aliphatic heterocycles. The molecule has 1 aromatic rings. The molecular weight excluding hydrogens is 210 g/mol. The van der Waals surface area contributed by atoms with Gasteiger partial charge in [-0.05, 0) is 43.7 Å². The molecule has 2 nitrogen and oxygen atoms in total. The van der Waals surface area contributed by atoms with Gasteiger partial charge in [-0.15, -0.1) is 0 Å². The minimum Gasteiger partial charge on any atom is -0.389 e. The molecule has 0 saturated heterocycles. The zero-order valence-corrected chi connectivity index (χ0v) is 10.9. The lowest BCUT2D eigenvalue weighted by molar-refractivity contribution is -0.0320. The zero-order chi connectivity index (χ0) is 12.5. The molecule has 2 rings (SSSR count). The lowest BCUT2D eigenvalue weighted by Gasteiger charge is -2.48. The van der Waals surface area contributed by atoms with E-state index in [1.54, 1.807) is 0 Å². The number of rotatable bonds is 3. The standard InChI is InChI=1S/C15H23NO/c1-3-14(2,17)15(11-16)10-6-8-12-7-4-5-9-13(12)15/h4-5,7,9,17H,3,6,8,10-11,16H2,1-2H3. The van der Waals surface area contributed by atoms with Crippen LogP contribution in [0.5, 0.6) is 0 Å². The Balaban J connectivity index is 2.57. The van der Waals surface area contributed by atoms with Crippen molar-refractivity contribution < 1.29 is 5.11 Å². The molecule has 0 bridgehead atoms. The molecule has 0 amide bonds. The number of aryl methyl sites for hydroxylation is 1. The number of aliphatic hydroxyl groups is 1. The quantitative estimate of drug-likeness (QED) is 0.842. The molecule has 2 unspecified atom stereocenters. The van der Waals surface area contributed by atoms with Gasteiger partial charge in [0.15, 0.2) is 0 Å². The van der Waals surface area contributed by atoms with Crippen LogP contribution in [0.4, 0.5) is 0 Å². The Morgan fingerprint density at radius 1 is 1.41 bits per heavy atom. The van der Waals surface area contributed by atoms with Crippen molar-refractivity contribution in [2.75, 3.05) is 6.54 Å². The third kappa shape index (κ3) is 1.80. The highest BCUT2D eigenvalue weighted by molar-refractivity contribution is 5.40. The minimum atomic E-state index is -0.724. The van der Waals surface area contributed by atoms with Gasteiger partial charge >= 0.3 is 0 Å². The second-order valence-electron chi connectivity index (χ2n) is 5.42. The fourth-order valence-electron chi connectivity index (χ4n) is 3.25. The third-order valence-electron chi connectivity index (χ3n) is 4.65. The smallest absolute Gasteiger partial charge is 0.0725 e. The molecule has 2 heteroatoms. The summed E-state index contributed by atoms with van der Waals surface area (Å²) in [4.78, 5) is 0. The predicted molar refractivity (Wildman–Crippen MR) is 71.0 cm³/mol. The summed E-state index contributed by atoms with van der Waals surface area (Å²) in [5.74, 6) is 0. The second kappa shape index (κ2) is 4.43. The average Bonchev–Trinajstić information content (AvgIpc) is 2.37. The number of fused-ring (bicyclic) bond motifs is 1. The van der Waals surface area contributed by atoms with Crippen molar-refractivity contribution in [3.63, 3.8) is 0 Å². The van der Waals surface area contributed by atoms with Gasteiger partial charge in [-0.1, -0.05) is 31.2 Å². The van der Waals surface area contributed by atoms with Gasteiger partial charge in [0.05, 0.1) is 5.60 Å². The first-order valence-electron chi connectivity index (χ1n) is 6.58. The summed E-state index contributed by atoms with van der Waals surface area (Å²) in [5.41, 5.74) is 7.69. The Morgan fingerprint density at radius 3 is 2.76 bits per heavy atom. The van der Waals surface area contributed by atoms with E-state index in [2.05, 4.69) is 24.3 Å². The van der Waals surface area contributed by atoms with E-state index in [4.69, 9.17) is 5.73 Å². The van der Waals surface area contributed by atoms with Crippen molar-refractivity contribution in [2.24, 2.45) is 5.73 Å². The second-order valence-corrected chi connectivity index (χ2v) is 5.42. The molecule has 0 aromatic heterocycles. The van der Waals surface area contributed by atoms with Gasteiger partial charge in [-0.25, -0.2) is 0 Å². The van der Waals surface area contributed by atoms with E-state index in [1.165, 1.54) is 11.1 Å². The summed E-state index contributed by atoms with van der Waals surface area (Å²) >= 11 is 0. The van der Waals surface area contributed by atoms with E-state index in [0.29, 0.717) is 6.54 Å². The maximum atomic E-state index is 10.8. The van der Waals surface area contributed by atoms with Crippen molar-refractivity contribution in [1.29, 1.82) is 0 Å². The first-order chi connectivity index (χ1) is 8.07. The molecule has 0 fully saturated rings. The van der Waals surface area contributed by atoms with Crippen LogP contribution in [-0.2, 0) is 11.8 Å². The molecule has 3 N–H and O–H groups in total. The Labute approximate surface area is 104 Å². The predicted octanol–water partition coefficient (Wildman–Crippen LogP) is 2.38. The SMILES string of the molecule is CCC(C)(O)C1(CN)CCCc2ccccc21. The van der Waals surface area contributed by atoms with Gasteiger partial charge in [0.1, 0.15) is 0 Å². The molecule has 0 heterocycles. The molecule has 1 aliphatic carbocycles. The highest BCUT2D eigenvalue weighted by atomic mass is 16.3. The number of hydrogen-bond donors (Lipinski definition) is 2. The summed E-state index contributed by atoms with van der Waals surface area (Å²) in [6.07, 6.45) is 3.95. The van der Waals surface area contributed by atoms with Gasteiger partial charge in [0.2, 0.25) is 0 Å². The van der Waals surface area contributed by atoms with Crippen molar-refractivity contribution >= 4 is 0 Å². The van der Waals surface area contributed by atoms with Gasteiger partial charge in [-0.3, -0.25) is 0 Å². The third-order valence-corrected chi connectivity index (χ3v) is 4.65. The monoisotopic (exact) mass is 233 g/mol. The number of benzene rings is 1. The van der Waals surface area contributed by atoms with E-state index in [-0.39, 0.29) is 5.41 Å². The summed E-state index contributed by atoms with van der Waals surface area (Å²) in [6, 6.07) is 8.45. The maximum Gasteiger partial charge on any atom is 0.0725 e. The Morgan fingerprint density at radius 2 is 2.12 bits per heavy atom. The molecule has 0 spiro atoms.